The van der Waals surface area contributed by atoms with Crippen LogP contribution in [-0.4, -0.2) is 21.9 Å². The second kappa shape index (κ2) is 26.0. The van der Waals surface area contributed by atoms with Crippen LogP contribution >= 0.6 is 0 Å². The lowest BCUT2D eigenvalue weighted by Crippen LogP contribution is -2.64. The molecule has 4 unspecified atom stereocenters. The van der Waals surface area contributed by atoms with Gasteiger partial charge in [0.25, 0.3) is 6.71 Å². The Hall–Kier alpha value is -10.9. The molecule has 2 aliphatic heterocycles. The van der Waals surface area contributed by atoms with Gasteiger partial charge in [-0.15, -0.1) is 0 Å². The molecule has 5 heteroatoms. The molecule has 5 aliphatic rings. The summed E-state index contributed by atoms with van der Waals surface area (Å²) in [5.74, 6) is -0.770. The fourth-order valence-electron chi connectivity index (χ4n) is 17.2. The summed E-state index contributed by atoms with van der Waals surface area (Å²) in [4.78, 5) is 3.99. The Bertz CT molecular complexity index is 7710. The van der Waals surface area contributed by atoms with Crippen molar-refractivity contribution in [2.45, 2.75) is 131 Å². The number of aromatic nitrogens is 2. The van der Waals surface area contributed by atoms with Gasteiger partial charge in [0.2, 0.25) is 0 Å². The number of hydrogen-bond donors (Lipinski definition) is 0. The predicted octanol–water partition coefficient (Wildman–Crippen LogP) is 25.7. The highest BCUT2D eigenvalue weighted by Gasteiger charge is 2.51. The minimum Gasteiger partial charge on any atom is -0.334 e. The van der Waals surface area contributed by atoms with Crippen molar-refractivity contribution in [2.75, 3.05) is 9.80 Å². The number of benzene rings is 12. The number of rotatable bonds is 10. The first kappa shape index (κ1) is 41.9. The Labute approximate surface area is 675 Å². The van der Waals surface area contributed by atoms with Gasteiger partial charge in [0.1, 0.15) is 0 Å². The molecular formula is C102H95BN4. The normalized spacial score (nSPS) is 22.0. The average Bonchev–Trinajstić information content (AvgIpc) is 1.52. The minimum absolute atomic E-state index is 0.104. The summed E-state index contributed by atoms with van der Waals surface area (Å²) in [5.41, 5.74) is -1.35. The van der Waals surface area contributed by atoms with Gasteiger partial charge in [-0.2, -0.15) is 0 Å². The Morgan fingerprint density at radius 3 is 1.50 bits per heavy atom. The van der Waals surface area contributed by atoms with Crippen molar-refractivity contribution in [1.82, 2.24) is 9.13 Å². The molecule has 0 saturated carbocycles. The van der Waals surface area contributed by atoms with Crippen molar-refractivity contribution in [1.29, 1.82) is 0 Å². The van der Waals surface area contributed by atoms with Crippen molar-refractivity contribution >= 4 is 95.1 Å². The SMILES string of the molecule is [2H]c1c([2H])c([2H])c(-c2c([2H])c([2H])c3c(c2[2H])c2c([2H])c([2H])c([2H])c([2H])c2n3-c2c([2H])c([2H])c3c(c2[2H])N(c2c(-c4ccccc4)cc(C(C)(C)C)cc2-c2ccccc2)c2cc(C(C)(C)C)cc4c2B3c2c([2H])c([2H])c(-n3c5c([2H])c([2H])c([2H])c([2H])c5c5c([2H])c(-c6c([2H])c([2H])c([2H])c([2H])c6[2H])c([2H])c([2H])c53)c([2H])c2N4C2C(C3CC=CCC3)=CC(C(C)(C)C)CC2C2=CCCCC2)c([2H])c1[2H]. The van der Waals surface area contributed by atoms with E-state index in [0.717, 1.165) is 45.1 Å². The van der Waals surface area contributed by atoms with E-state index in [4.69, 9.17) is 8.22 Å². The predicted molar refractivity (Wildman–Crippen MR) is 458 cm³/mol. The molecule has 0 spiro atoms. The maximum atomic E-state index is 12.0. The highest BCUT2D eigenvalue weighted by molar-refractivity contribution is 7.00. The fraction of sp³-hybridized carbons (Fsp3) is 0.235. The molecule has 4 atom stereocenters. The summed E-state index contributed by atoms with van der Waals surface area (Å²) < 4.78 is 301. The Kier molecular flexibility index (Phi) is 10.2. The third-order valence-electron chi connectivity index (χ3n) is 22.6. The molecule has 19 rings (SSSR count). The van der Waals surface area contributed by atoms with E-state index in [-0.39, 0.29) is 39.6 Å². The lowest BCUT2D eigenvalue weighted by atomic mass is 9.33. The van der Waals surface area contributed by atoms with Crippen LogP contribution in [0.25, 0.3) is 99.5 Å². The second-order valence-corrected chi connectivity index (χ2v) is 32.2. The fourth-order valence-corrected chi connectivity index (χ4v) is 17.2. The van der Waals surface area contributed by atoms with Crippen LogP contribution < -0.4 is 26.2 Å². The molecule has 4 heterocycles. The molecule has 107 heavy (non-hydrogen) atoms. The molecule has 0 saturated heterocycles. The molecular weight excluding hydrogens is 1290 g/mol. The standard InChI is InChI=1S/C102H95BN4/c1-100(2,3)74-58-81(68-36-20-12-21-37-68)98(82(59-74)69-38-22-13-23-39-69)106-93-64-77(104-89-46-30-28-44-79(89)85-56-72(48-54-91(85)104)66-32-16-10-17-33-66)50-52-87(93)103-88-53-51-78(105-90-47-31-29-45-80(90)86-57-73(49-55-92(86)105)67-34-18-11-19-35-67)65-94(88)107(96-63-76(102(7,8)9)62-95(106)97(96)103)99-83(70-40-24-14-25-41-70)60-75(101(4,5)6)61-84(99)71-42-26-15-27-43-71/h10-14,16-24,28-39,42,44-60,62-65,70,75,84,99H,15,25-27,40-41,43,61H2,1-9H3/i10D,11D,16D,17D,18D,19D,28D,29D,30D,31D,32D,33D,34D,35D,44D,45D,46D,47D,48D,49D,50D,51D,52D,53D,54D,55D,56D,57D,64D,65D. The van der Waals surface area contributed by atoms with Gasteiger partial charge >= 0.3 is 0 Å². The minimum atomic E-state index is -1.70. The van der Waals surface area contributed by atoms with E-state index in [2.05, 4.69) is 82.9 Å². The van der Waals surface area contributed by atoms with Gasteiger partial charge in [-0.1, -0.05) is 274 Å². The van der Waals surface area contributed by atoms with Gasteiger partial charge in [-0.3, -0.25) is 0 Å². The first-order valence-corrected chi connectivity index (χ1v) is 37.2. The number of para-hydroxylation sites is 2. The zero-order chi connectivity index (χ0) is 98.7. The smallest absolute Gasteiger partial charge is 0.252 e. The average molecular weight is 1420 g/mol. The van der Waals surface area contributed by atoms with Crippen LogP contribution in [0.3, 0.4) is 0 Å². The number of nitrogens with zero attached hydrogens (tertiary/aromatic N) is 4. The monoisotopic (exact) mass is 1420 g/mol. The van der Waals surface area contributed by atoms with Crippen molar-refractivity contribution < 1.29 is 41.1 Å². The summed E-state index contributed by atoms with van der Waals surface area (Å²) in [7, 11) is 0. The molecule has 2 aromatic heterocycles. The lowest BCUT2D eigenvalue weighted by molar-refractivity contribution is 0.220. The topological polar surface area (TPSA) is 16.3 Å². The number of fused-ring (bicyclic) bond motifs is 10. The van der Waals surface area contributed by atoms with Gasteiger partial charge in [-0.05, 0) is 231 Å². The van der Waals surface area contributed by atoms with E-state index in [9.17, 15) is 32.9 Å². The highest BCUT2D eigenvalue weighted by atomic mass is 15.2. The zero-order valence-corrected chi connectivity index (χ0v) is 61.2. The molecule has 0 radical (unpaired) electrons. The van der Waals surface area contributed by atoms with E-state index in [1.54, 1.807) is 0 Å². The van der Waals surface area contributed by atoms with Crippen LogP contribution in [0.2, 0.25) is 0 Å². The molecule has 0 N–H and O–H groups in total. The quantitative estimate of drug-likeness (QED) is 0.100. The van der Waals surface area contributed by atoms with Crippen LogP contribution in [-0.2, 0) is 10.8 Å². The number of allylic oxidation sites excluding steroid dienone is 4. The van der Waals surface area contributed by atoms with Crippen molar-refractivity contribution in [3.8, 4) is 55.9 Å². The van der Waals surface area contributed by atoms with Gasteiger partial charge in [0.05, 0.1) is 74.9 Å². The van der Waals surface area contributed by atoms with Crippen molar-refractivity contribution in [3.05, 3.63) is 313 Å². The molecule has 3 aliphatic carbocycles. The van der Waals surface area contributed by atoms with Gasteiger partial charge in [-0.25, -0.2) is 0 Å². The molecule has 526 valence electrons. The van der Waals surface area contributed by atoms with Gasteiger partial charge < -0.3 is 18.9 Å². The highest BCUT2D eigenvalue weighted by Crippen LogP contribution is 2.56. The Balaban J connectivity index is 1.06. The molecule has 14 aromatic rings. The van der Waals surface area contributed by atoms with E-state index < -0.39 is 288 Å². The van der Waals surface area contributed by atoms with Crippen LogP contribution in [0.5, 0.6) is 0 Å². The summed E-state index contributed by atoms with van der Waals surface area (Å²) >= 11 is 0. The second-order valence-electron chi connectivity index (χ2n) is 32.2. The van der Waals surface area contributed by atoms with Gasteiger partial charge in [0, 0.05) is 72.7 Å². The molecule has 4 nitrogen and oxygen atoms in total. The summed E-state index contributed by atoms with van der Waals surface area (Å²) in [6.45, 7) is 17.3. The summed E-state index contributed by atoms with van der Waals surface area (Å²) in [5, 5.41) is -1.99. The Morgan fingerprint density at radius 2 is 0.972 bits per heavy atom. The van der Waals surface area contributed by atoms with Crippen LogP contribution in [0.4, 0.5) is 28.4 Å². The third-order valence-corrected chi connectivity index (χ3v) is 22.6. The Morgan fingerprint density at radius 1 is 0.449 bits per heavy atom. The van der Waals surface area contributed by atoms with Crippen molar-refractivity contribution in [2.24, 2.45) is 23.2 Å². The zero-order valence-electron chi connectivity index (χ0n) is 91.2. The molecule has 0 bridgehead atoms. The van der Waals surface area contributed by atoms with Crippen molar-refractivity contribution in [3.63, 3.8) is 0 Å². The number of anilines is 5. The third kappa shape index (κ3) is 11.4. The van der Waals surface area contributed by atoms with E-state index in [0.29, 0.717) is 82.4 Å². The maximum Gasteiger partial charge on any atom is 0.252 e. The first-order valence-electron chi connectivity index (χ1n) is 52.2. The maximum absolute atomic E-state index is 12.0. The van der Waals surface area contributed by atoms with E-state index >= 15 is 0 Å². The lowest BCUT2D eigenvalue weighted by Gasteiger charge is -2.53. The van der Waals surface area contributed by atoms with Crippen LogP contribution in [0.1, 0.15) is 166 Å². The van der Waals surface area contributed by atoms with Gasteiger partial charge in [0.15, 0.2) is 0 Å². The molecule has 0 amide bonds. The van der Waals surface area contributed by atoms with Crippen LogP contribution in [0, 0.1) is 23.2 Å². The largest absolute Gasteiger partial charge is 0.334 e. The van der Waals surface area contributed by atoms with Crippen LogP contribution in [0.15, 0.2) is 302 Å². The molecule has 12 aromatic carbocycles. The number of hydrogen-bond acceptors (Lipinski definition) is 2. The molecule has 0 fully saturated rings. The van der Waals surface area contributed by atoms with E-state index in [1.165, 1.54) is 0 Å². The first-order chi connectivity index (χ1) is 64.5. The summed E-state index contributed by atoms with van der Waals surface area (Å²) in [6.07, 6.45) is 14.5. The summed E-state index contributed by atoms with van der Waals surface area (Å²) in [6, 6.07) is 1.57. The van der Waals surface area contributed by atoms with E-state index in [1.807, 2.05) is 98.5 Å².